The van der Waals surface area contributed by atoms with Gasteiger partial charge in [0.15, 0.2) is 5.76 Å². The Balaban J connectivity index is 1.26. The van der Waals surface area contributed by atoms with Crippen LogP contribution in [0, 0.1) is 12.7 Å². The summed E-state index contributed by atoms with van der Waals surface area (Å²) in [6.45, 7) is 2.96. The number of hydrogen-bond acceptors (Lipinski definition) is 3. The maximum absolute atomic E-state index is 13.8. The summed E-state index contributed by atoms with van der Waals surface area (Å²) in [7, 11) is 0. The Bertz CT molecular complexity index is 1320. The molecule has 0 aromatic heterocycles. The van der Waals surface area contributed by atoms with Crippen molar-refractivity contribution in [2.24, 2.45) is 0 Å². The first-order valence-electron chi connectivity index (χ1n) is 13.3. The lowest BCUT2D eigenvalue weighted by molar-refractivity contribution is -0.149. The molecule has 2 amide bonds. The third-order valence-electron chi connectivity index (χ3n) is 7.35. The number of hydrogen-bond donors (Lipinski definition) is 1. The molecule has 2 unspecified atom stereocenters. The van der Waals surface area contributed by atoms with E-state index in [1.165, 1.54) is 23.3 Å². The van der Waals surface area contributed by atoms with Crippen LogP contribution in [0.3, 0.4) is 0 Å². The minimum atomic E-state index is -0.307. The molecule has 5 nitrogen and oxygen atoms in total. The Kier molecular flexibility index (Phi) is 7.87. The number of carbonyl (C=O) groups is 2. The van der Waals surface area contributed by atoms with Gasteiger partial charge in [0, 0.05) is 18.7 Å². The summed E-state index contributed by atoms with van der Waals surface area (Å²) in [5.41, 5.74) is 4.51. The quantitative estimate of drug-likeness (QED) is 0.406. The number of halogens is 1. The molecule has 196 valence electrons. The zero-order chi connectivity index (χ0) is 26.5. The van der Waals surface area contributed by atoms with Crippen LogP contribution >= 0.6 is 0 Å². The van der Waals surface area contributed by atoms with Gasteiger partial charge in [-0.1, -0.05) is 60.5 Å². The van der Waals surface area contributed by atoms with Gasteiger partial charge in [0.05, 0.1) is 6.04 Å². The van der Waals surface area contributed by atoms with E-state index in [1.54, 1.807) is 24.3 Å². The van der Waals surface area contributed by atoms with Crippen molar-refractivity contribution in [3.63, 3.8) is 0 Å². The molecular formula is C32H33FN2O3. The molecule has 2 atom stereocenters. The fourth-order valence-electron chi connectivity index (χ4n) is 5.25. The van der Waals surface area contributed by atoms with Crippen LogP contribution in [0.1, 0.15) is 58.3 Å². The van der Waals surface area contributed by atoms with Gasteiger partial charge in [-0.15, -0.1) is 0 Å². The summed E-state index contributed by atoms with van der Waals surface area (Å²) in [5, 5.41) is 2.97. The van der Waals surface area contributed by atoms with Crippen LogP contribution in [0.15, 0.2) is 78.6 Å². The SMILES string of the molecule is Cc1ccc(CCNC(=O)c2ccc(/C=C3\OC4CCCCC4N(Cc4cccc(F)c4)C3=O)cc2)cc1. The highest BCUT2D eigenvalue weighted by molar-refractivity contribution is 5.97. The summed E-state index contributed by atoms with van der Waals surface area (Å²) in [6, 6.07) is 21.8. The third kappa shape index (κ3) is 6.13. The third-order valence-corrected chi connectivity index (χ3v) is 7.35. The molecule has 6 heteroatoms. The highest BCUT2D eigenvalue weighted by Crippen LogP contribution is 2.34. The zero-order valence-electron chi connectivity index (χ0n) is 21.7. The van der Waals surface area contributed by atoms with E-state index in [0.29, 0.717) is 24.4 Å². The van der Waals surface area contributed by atoms with Crippen LogP contribution in [0.4, 0.5) is 4.39 Å². The van der Waals surface area contributed by atoms with Crippen LogP contribution < -0.4 is 5.32 Å². The van der Waals surface area contributed by atoms with E-state index in [2.05, 4.69) is 36.5 Å². The molecule has 3 aromatic carbocycles. The Morgan fingerprint density at radius 3 is 2.55 bits per heavy atom. The van der Waals surface area contributed by atoms with E-state index in [4.69, 9.17) is 4.74 Å². The normalized spacial score (nSPS) is 20.1. The molecule has 1 aliphatic carbocycles. The lowest BCUT2D eigenvalue weighted by Crippen LogP contribution is -2.54. The molecule has 1 saturated carbocycles. The number of fused-ring (bicyclic) bond motifs is 1. The predicted octanol–water partition coefficient (Wildman–Crippen LogP) is 5.82. The number of aryl methyl sites for hydroxylation is 1. The Morgan fingerprint density at radius 2 is 1.79 bits per heavy atom. The average Bonchev–Trinajstić information content (AvgIpc) is 2.92. The molecule has 1 saturated heterocycles. The summed E-state index contributed by atoms with van der Waals surface area (Å²) in [5.74, 6) is -0.332. The molecule has 2 fully saturated rings. The largest absolute Gasteiger partial charge is 0.482 e. The van der Waals surface area contributed by atoms with Crippen LogP contribution in [-0.2, 0) is 22.5 Å². The summed E-state index contributed by atoms with van der Waals surface area (Å²) < 4.78 is 20.0. The van der Waals surface area contributed by atoms with Crippen molar-refractivity contribution in [3.8, 4) is 0 Å². The standard InChI is InChI=1S/C32H33FN2O3/c1-22-9-11-23(12-10-22)17-18-34-31(36)26-15-13-24(14-16-26)20-30-32(37)35(21-25-5-4-6-27(33)19-25)28-7-2-3-8-29(28)38-30/h4-6,9-16,19-20,28-29H,2-3,7-8,17-18,21H2,1H3,(H,34,36)/b30-20-. The first-order valence-corrected chi connectivity index (χ1v) is 13.3. The van der Waals surface area contributed by atoms with E-state index in [1.807, 2.05) is 23.1 Å². The van der Waals surface area contributed by atoms with Crippen molar-refractivity contribution in [3.05, 3.63) is 112 Å². The minimum Gasteiger partial charge on any atom is -0.482 e. The number of carbonyl (C=O) groups excluding carboxylic acids is 2. The number of ether oxygens (including phenoxy) is 1. The van der Waals surface area contributed by atoms with Gasteiger partial charge in [-0.2, -0.15) is 0 Å². The topological polar surface area (TPSA) is 58.6 Å². The van der Waals surface area contributed by atoms with Crippen molar-refractivity contribution in [1.82, 2.24) is 10.2 Å². The maximum Gasteiger partial charge on any atom is 0.289 e. The van der Waals surface area contributed by atoms with Gasteiger partial charge in [0.1, 0.15) is 11.9 Å². The molecule has 3 aromatic rings. The second-order valence-electron chi connectivity index (χ2n) is 10.2. The van der Waals surface area contributed by atoms with Crippen LogP contribution in [0.5, 0.6) is 0 Å². The first-order chi connectivity index (χ1) is 18.5. The molecule has 1 heterocycles. The minimum absolute atomic E-state index is 0.0114. The molecule has 1 aliphatic heterocycles. The van der Waals surface area contributed by atoms with E-state index >= 15 is 0 Å². The molecule has 38 heavy (non-hydrogen) atoms. The fourth-order valence-corrected chi connectivity index (χ4v) is 5.25. The predicted molar refractivity (Wildman–Crippen MR) is 146 cm³/mol. The van der Waals surface area contributed by atoms with Crippen molar-refractivity contribution in [2.45, 2.75) is 57.7 Å². The smallest absolute Gasteiger partial charge is 0.289 e. The van der Waals surface area contributed by atoms with Crippen LogP contribution in [-0.4, -0.2) is 35.4 Å². The van der Waals surface area contributed by atoms with E-state index in [-0.39, 0.29) is 29.8 Å². The number of nitrogens with zero attached hydrogens (tertiary/aromatic N) is 1. The summed E-state index contributed by atoms with van der Waals surface area (Å²) in [6.07, 6.45) is 6.31. The molecular weight excluding hydrogens is 479 g/mol. The monoisotopic (exact) mass is 512 g/mol. The van der Waals surface area contributed by atoms with Gasteiger partial charge in [0.25, 0.3) is 11.8 Å². The van der Waals surface area contributed by atoms with E-state index in [9.17, 15) is 14.0 Å². The van der Waals surface area contributed by atoms with Crippen LogP contribution in [0.25, 0.3) is 6.08 Å². The Labute approximate surface area is 223 Å². The van der Waals surface area contributed by atoms with Gasteiger partial charge in [-0.25, -0.2) is 4.39 Å². The maximum atomic E-state index is 13.8. The molecule has 2 aliphatic rings. The Morgan fingerprint density at radius 1 is 1.03 bits per heavy atom. The summed E-state index contributed by atoms with van der Waals surface area (Å²) >= 11 is 0. The van der Waals surface area contributed by atoms with Gasteiger partial charge in [-0.05, 0) is 79.6 Å². The van der Waals surface area contributed by atoms with E-state index in [0.717, 1.165) is 43.2 Å². The van der Waals surface area contributed by atoms with Crippen LogP contribution in [0.2, 0.25) is 0 Å². The highest BCUT2D eigenvalue weighted by Gasteiger charge is 2.41. The Hall–Kier alpha value is -3.93. The first kappa shape index (κ1) is 25.7. The van der Waals surface area contributed by atoms with Gasteiger partial charge < -0.3 is 15.0 Å². The van der Waals surface area contributed by atoms with Gasteiger partial charge >= 0.3 is 0 Å². The number of morpholine rings is 1. The fraction of sp³-hybridized carbons (Fsp3) is 0.312. The zero-order valence-corrected chi connectivity index (χ0v) is 21.7. The van der Waals surface area contributed by atoms with Gasteiger partial charge in [-0.3, -0.25) is 9.59 Å². The van der Waals surface area contributed by atoms with Gasteiger partial charge in [0.2, 0.25) is 0 Å². The van der Waals surface area contributed by atoms with Crippen molar-refractivity contribution < 1.29 is 18.7 Å². The number of rotatable bonds is 7. The second kappa shape index (κ2) is 11.6. The summed E-state index contributed by atoms with van der Waals surface area (Å²) in [4.78, 5) is 27.9. The number of amides is 2. The van der Waals surface area contributed by atoms with E-state index < -0.39 is 0 Å². The molecule has 5 rings (SSSR count). The molecule has 1 N–H and O–H groups in total. The lowest BCUT2D eigenvalue weighted by atomic mass is 9.89. The molecule has 0 spiro atoms. The highest BCUT2D eigenvalue weighted by atomic mass is 19.1. The number of benzene rings is 3. The van der Waals surface area contributed by atoms with Crippen molar-refractivity contribution in [1.29, 1.82) is 0 Å². The average molecular weight is 513 g/mol. The number of nitrogens with one attached hydrogen (secondary N) is 1. The van der Waals surface area contributed by atoms with Crippen molar-refractivity contribution >= 4 is 17.9 Å². The lowest BCUT2D eigenvalue weighted by Gasteiger charge is -2.44. The molecule has 0 radical (unpaired) electrons. The molecule has 0 bridgehead atoms. The van der Waals surface area contributed by atoms with Crippen molar-refractivity contribution in [2.75, 3.05) is 6.54 Å². The second-order valence-corrected chi connectivity index (χ2v) is 10.2.